The van der Waals surface area contributed by atoms with E-state index in [9.17, 15) is 0 Å². The van der Waals surface area contributed by atoms with E-state index >= 15 is 0 Å². The van der Waals surface area contributed by atoms with Crippen molar-refractivity contribution in [1.82, 2.24) is 10.3 Å². The molecule has 0 amide bonds. The number of rotatable bonds is 6. The lowest BCUT2D eigenvalue weighted by molar-refractivity contribution is 0.0534. The molecule has 1 aromatic heterocycles. The number of pyridine rings is 1. The summed E-state index contributed by atoms with van der Waals surface area (Å²) >= 11 is 0. The topological polar surface area (TPSA) is 49.4 Å². The minimum absolute atomic E-state index is 0.195. The van der Waals surface area contributed by atoms with Gasteiger partial charge in [-0.05, 0) is 57.9 Å². The van der Waals surface area contributed by atoms with Gasteiger partial charge in [0.05, 0.1) is 11.8 Å². The third kappa shape index (κ3) is 5.45. The van der Waals surface area contributed by atoms with Crippen LogP contribution in [-0.4, -0.2) is 43.4 Å². The number of anilines is 2. The molecule has 0 spiro atoms. The molecule has 1 saturated carbocycles. The Morgan fingerprint density at radius 1 is 1.22 bits per heavy atom. The monoisotopic (exact) mass is 372 g/mol. The zero-order chi connectivity index (χ0) is 19.2. The van der Waals surface area contributed by atoms with E-state index in [0.29, 0.717) is 12.1 Å². The van der Waals surface area contributed by atoms with Gasteiger partial charge < -0.3 is 20.3 Å². The summed E-state index contributed by atoms with van der Waals surface area (Å²) in [6.07, 6.45) is 12.0. The van der Waals surface area contributed by atoms with Crippen LogP contribution < -0.4 is 15.5 Å². The number of ether oxygens (including phenoxy) is 1. The number of aromatic nitrogens is 1. The molecule has 2 fully saturated rings. The average Bonchev–Trinajstić information content (AvgIpc) is 2.67. The van der Waals surface area contributed by atoms with Gasteiger partial charge in [-0.1, -0.05) is 24.8 Å². The molecule has 2 unspecified atom stereocenters. The number of hydrogen-bond donors (Lipinski definition) is 2. The molecule has 0 aromatic carbocycles. The van der Waals surface area contributed by atoms with Crippen LogP contribution in [0.1, 0.15) is 57.9 Å². The molecule has 2 heterocycles. The van der Waals surface area contributed by atoms with Crippen molar-refractivity contribution in [2.75, 3.05) is 30.4 Å². The van der Waals surface area contributed by atoms with E-state index in [2.05, 4.69) is 42.4 Å². The van der Waals surface area contributed by atoms with Gasteiger partial charge in [-0.25, -0.2) is 4.98 Å². The Kier molecular flexibility index (Phi) is 7.13. The largest absolute Gasteiger partial charge is 0.378 e. The molecule has 2 N–H and O–H groups in total. The summed E-state index contributed by atoms with van der Waals surface area (Å²) in [5.41, 5.74) is 3.48. The van der Waals surface area contributed by atoms with Crippen LogP contribution in [0.15, 0.2) is 24.0 Å². The Labute approximate surface area is 164 Å². The lowest BCUT2D eigenvalue weighted by atomic mass is 9.92. The van der Waals surface area contributed by atoms with E-state index in [0.717, 1.165) is 31.0 Å². The van der Waals surface area contributed by atoms with E-state index in [-0.39, 0.29) is 6.10 Å². The van der Waals surface area contributed by atoms with Gasteiger partial charge in [0.2, 0.25) is 0 Å². The number of methoxy groups -OCH3 is 1. The Bertz CT molecular complexity index is 635. The first-order chi connectivity index (χ1) is 13.1. The van der Waals surface area contributed by atoms with Crippen LogP contribution >= 0.6 is 0 Å². The van der Waals surface area contributed by atoms with Crippen LogP contribution in [0.5, 0.6) is 0 Å². The molecule has 150 valence electrons. The van der Waals surface area contributed by atoms with Crippen molar-refractivity contribution in [3.63, 3.8) is 0 Å². The van der Waals surface area contributed by atoms with Crippen LogP contribution in [0.4, 0.5) is 11.5 Å². The second kappa shape index (κ2) is 9.56. The van der Waals surface area contributed by atoms with Crippen molar-refractivity contribution >= 4 is 11.5 Å². The highest BCUT2D eigenvalue weighted by atomic mass is 16.5. The summed E-state index contributed by atoms with van der Waals surface area (Å²) in [5.74, 6) is 1.02. The lowest BCUT2D eigenvalue weighted by Gasteiger charge is -2.41. The zero-order valence-electron chi connectivity index (χ0n) is 17.4. The molecule has 3 rings (SSSR count). The predicted octanol–water partition coefficient (Wildman–Crippen LogP) is 4.24. The standard InChI is InChI=1S/C22H36N4O/c1-16(2)13-23-20-12-17(3)14-24-22(20)26-11-10-19(21(15-26)27-4)25-18-8-6-5-7-9-18/h12-14,18-19,21,23,25H,5-11,15H2,1-4H3. The smallest absolute Gasteiger partial charge is 0.152 e. The summed E-state index contributed by atoms with van der Waals surface area (Å²) < 4.78 is 5.89. The number of piperidine rings is 1. The molecule has 1 saturated heterocycles. The normalized spacial score (nSPS) is 23.9. The Balaban J connectivity index is 1.69. The molecule has 1 aliphatic carbocycles. The molecule has 1 aromatic rings. The summed E-state index contributed by atoms with van der Waals surface area (Å²) in [5, 5.41) is 7.34. The fourth-order valence-electron chi connectivity index (χ4n) is 4.25. The van der Waals surface area contributed by atoms with Crippen molar-refractivity contribution in [1.29, 1.82) is 0 Å². The third-order valence-corrected chi connectivity index (χ3v) is 5.74. The summed E-state index contributed by atoms with van der Waals surface area (Å²) in [7, 11) is 1.84. The van der Waals surface area contributed by atoms with Gasteiger partial charge >= 0.3 is 0 Å². The number of nitrogens with one attached hydrogen (secondary N) is 2. The van der Waals surface area contributed by atoms with Gasteiger partial charge in [-0.15, -0.1) is 0 Å². The SMILES string of the molecule is COC1CN(c2ncc(C)cc2NC=C(C)C)CCC1NC1CCCCC1. The molecule has 2 aliphatic rings. The predicted molar refractivity (Wildman–Crippen MR) is 113 cm³/mol. The number of allylic oxidation sites excluding steroid dienone is 1. The zero-order valence-corrected chi connectivity index (χ0v) is 17.4. The van der Waals surface area contributed by atoms with Gasteiger partial charge in [0.1, 0.15) is 0 Å². The Hall–Kier alpha value is -1.59. The van der Waals surface area contributed by atoms with E-state index in [1.807, 2.05) is 19.5 Å². The van der Waals surface area contributed by atoms with Gasteiger partial charge in [-0.2, -0.15) is 0 Å². The van der Waals surface area contributed by atoms with Crippen LogP contribution in [0.3, 0.4) is 0 Å². The van der Waals surface area contributed by atoms with Crippen molar-refractivity contribution < 1.29 is 4.74 Å². The van der Waals surface area contributed by atoms with E-state index in [1.165, 1.54) is 43.2 Å². The van der Waals surface area contributed by atoms with Gasteiger partial charge in [-0.3, -0.25) is 0 Å². The molecule has 2 atom stereocenters. The average molecular weight is 373 g/mol. The van der Waals surface area contributed by atoms with E-state index in [1.54, 1.807) is 0 Å². The molecule has 0 bridgehead atoms. The second-order valence-corrected chi connectivity index (χ2v) is 8.37. The summed E-state index contributed by atoms with van der Waals surface area (Å²) in [6, 6.07) is 3.28. The van der Waals surface area contributed by atoms with Crippen molar-refractivity contribution in [2.24, 2.45) is 0 Å². The second-order valence-electron chi connectivity index (χ2n) is 8.37. The van der Waals surface area contributed by atoms with Gasteiger partial charge in [0.25, 0.3) is 0 Å². The van der Waals surface area contributed by atoms with Crippen LogP contribution in [-0.2, 0) is 4.74 Å². The van der Waals surface area contributed by atoms with Crippen LogP contribution in [0, 0.1) is 6.92 Å². The third-order valence-electron chi connectivity index (χ3n) is 5.74. The van der Waals surface area contributed by atoms with Crippen LogP contribution in [0.2, 0.25) is 0 Å². The van der Waals surface area contributed by atoms with Crippen molar-refractivity contribution in [3.05, 3.63) is 29.6 Å². The molecule has 0 radical (unpaired) electrons. The fourth-order valence-corrected chi connectivity index (χ4v) is 4.25. The quantitative estimate of drug-likeness (QED) is 0.782. The van der Waals surface area contributed by atoms with Gasteiger partial charge in [0, 0.05) is 38.5 Å². The highest BCUT2D eigenvalue weighted by Crippen LogP contribution is 2.29. The van der Waals surface area contributed by atoms with E-state index < -0.39 is 0 Å². The molecule has 5 heteroatoms. The number of hydrogen-bond acceptors (Lipinski definition) is 5. The Morgan fingerprint density at radius 3 is 2.70 bits per heavy atom. The molecule has 27 heavy (non-hydrogen) atoms. The summed E-state index contributed by atoms with van der Waals surface area (Å²) in [6.45, 7) is 8.16. The molecular weight excluding hydrogens is 336 g/mol. The maximum Gasteiger partial charge on any atom is 0.152 e. The summed E-state index contributed by atoms with van der Waals surface area (Å²) in [4.78, 5) is 7.12. The minimum Gasteiger partial charge on any atom is -0.378 e. The highest BCUT2D eigenvalue weighted by molar-refractivity contribution is 5.68. The first-order valence-corrected chi connectivity index (χ1v) is 10.5. The lowest BCUT2D eigenvalue weighted by Crippen LogP contribution is -2.56. The van der Waals surface area contributed by atoms with Crippen molar-refractivity contribution in [2.45, 2.75) is 77.5 Å². The van der Waals surface area contributed by atoms with E-state index in [4.69, 9.17) is 9.72 Å². The number of aryl methyl sites for hydroxylation is 1. The maximum absolute atomic E-state index is 5.89. The fraction of sp³-hybridized carbons (Fsp3) is 0.682. The first-order valence-electron chi connectivity index (χ1n) is 10.5. The number of nitrogens with zero attached hydrogens (tertiary/aromatic N) is 2. The first kappa shape index (κ1) is 20.2. The van der Waals surface area contributed by atoms with Crippen LogP contribution in [0.25, 0.3) is 0 Å². The maximum atomic E-state index is 5.89. The van der Waals surface area contributed by atoms with Gasteiger partial charge in [0.15, 0.2) is 5.82 Å². The molecule has 5 nitrogen and oxygen atoms in total. The van der Waals surface area contributed by atoms with Crippen molar-refractivity contribution in [3.8, 4) is 0 Å². The minimum atomic E-state index is 0.195. The molecular formula is C22H36N4O. The Morgan fingerprint density at radius 2 is 2.00 bits per heavy atom. The highest BCUT2D eigenvalue weighted by Gasteiger charge is 2.32. The molecule has 1 aliphatic heterocycles.